The van der Waals surface area contributed by atoms with E-state index in [1.807, 2.05) is 20.0 Å². The van der Waals surface area contributed by atoms with Crippen LogP contribution in [0.5, 0.6) is 0 Å². The second-order valence-corrected chi connectivity index (χ2v) is 3.94. The van der Waals surface area contributed by atoms with Crippen molar-refractivity contribution in [2.75, 3.05) is 26.8 Å². The number of carboxylic acids is 1. The Hall–Kier alpha value is -1.39. The molecule has 4 nitrogen and oxygen atoms in total. The van der Waals surface area contributed by atoms with E-state index in [4.69, 9.17) is 9.84 Å². The standard InChI is InChI=1S/C13H19NO3/c1-3-17-8-7-14(2)10-11-5-4-6-12(9-11)13(15)16/h4-6,9H,3,7-8,10H2,1-2H3,(H,15,16). The summed E-state index contributed by atoms with van der Waals surface area (Å²) < 4.78 is 5.27. The number of rotatable bonds is 7. The van der Waals surface area contributed by atoms with Gasteiger partial charge in [-0.25, -0.2) is 4.79 Å². The molecule has 0 aromatic heterocycles. The maximum Gasteiger partial charge on any atom is 0.335 e. The summed E-state index contributed by atoms with van der Waals surface area (Å²) >= 11 is 0. The maximum absolute atomic E-state index is 10.8. The van der Waals surface area contributed by atoms with Crippen molar-refractivity contribution in [3.8, 4) is 0 Å². The van der Waals surface area contributed by atoms with E-state index >= 15 is 0 Å². The van der Waals surface area contributed by atoms with Gasteiger partial charge in [0, 0.05) is 19.7 Å². The molecular weight excluding hydrogens is 218 g/mol. The van der Waals surface area contributed by atoms with Crippen LogP contribution in [0.3, 0.4) is 0 Å². The van der Waals surface area contributed by atoms with E-state index in [0.717, 1.165) is 25.3 Å². The molecule has 94 valence electrons. The van der Waals surface area contributed by atoms with Crippen LogP contribution in [0.25, 0.3) is 0 Å². The predicted molar refractivity (Wildman–Crippen MR) is 66.2 cm³/mol. The maximum atomic E-state index is 10.8. The van der Waals surface area contributed by atoms with Gasteiger partial charge in [0.15, 0.2) is 0 Å². The smallest absolute Gasteiger partial charge is 0.335 e. The molecule has 4 heteroatoms. The minimum Gasteiger partial charge on any atom is -0.478 e. The number of carbonyl (C=O) groups is 1. The summed E-state index contributed by atoms with van der Waals surface area (Å²) in [6.07, 6.45) is 0. The summed E-state index contributed by atoms with van der Waals surface area (Å²) in [5.41, 5.74) is 1.34. The third kappa shape index (κ3) is 4.97. The molecule has 0 heterocycles. The molecule has 0 unspecified atom stereocenters. The highest BCUT2D eigenvalue weighted by Gasteiger charge is 2.05. The molecule has 0 saturated carbocycles. The summed E-state index contributed by atoms with van der Waals surface area (Å²) in [5.74, 6) is -0.885. The fourth-order valence-corrected chi connectivity index (χ4v) is 1.56. The topological polar surface area (TPSA) is 49.8 Å². The molecule has 0 aliphatic heterocycles. The van der Waals surface area contributed by atoms with Crippen LogP contribution in [0.4, 0.5) is 0 Å². The summed E-state index contributed by atoms with van der Waals surface area (Å²) in [6.45, 7) is 4.96. The molecule has 0 atom stereocenters. The molecule has 0 bridgehead atoms. The zero-order valence-corrected chi connectivity index (χ0v) is 10.3. The molecule has 1 N–H and O–H groups in total. The molecule has 0 amide bonds. The lowest BCUT2D eigenvalue weighted by molar-refractivity contribution is 0.0696. The molecule has 0 saturated heterocycles. The van der Waals surface area contributed by atoms with Gasteiger partial charge in [0.05, 0.1) is 12.2 Å². The van der Waals surface area contributed by atoms with E-state index in [2.05, 4.69) is 4.90 Å². The van der Waals surface area contributed by atoms with E-state index in [1.165, 1.54) is 0 Å². The average Bonchev–Trinajstić information content (AvgIpc) is 2.29. The van der Waals surface area contributed by atoms with E-state index in [1.54, 1.807) is 18.2 Å². The van der Waals surface area contributed by atoms with Crippen molar-refractivity contribution in [3.05, 3.63) is 35.4 Å². The van der Waals surface area contributed by atoms with Crippen molar-refractivity contribution in [3.63, 3.8) is 0 Å². The first kappa shape index (κ1) is 13.7. The largest absolute Gasteiger partial charge is 0.478 e. The molecule has 1 aromatic carbocycles. The summed E-state index contributed by atoms with van der Waals surface area (Å²) in [7, 11) is 1.99. The van der Waals surface area contributed by atoms with Crippen molar-refractivity contribution >= 4 is 5.97 Å². The third-order valence-electron chi connectivity index (χ3n) is 2.45. The lowest BCUT2D eigenvalue weighted by Crippen LogP contribution is -2.22. The van der Waals surface area contributed by atoms with E-state index in [9.17, 15) is 4.79 Å². The number of hydrogen-bond acceptors (Lipinski definition) is 3. The minimum absolute atomic E-state index is 0.334. The Kier molecular flexibility index (Phi) is 5.66. The van der Waals surface area contributed by atoms with Crippen molar-refractivity contribution in [2.24, 2.45) is 0 Å². The quantitative estimate of drug-likeness (QED) is 0.735. The third-order valence-corrected chi connectivity index (χ3v) is 2.45. The summed E-state index contributed by atoms with van der Waals surface area (Å²) in [6, 6.07) is 7.02. The van der Waals surface area contributed by atoms with Crippen molar-refractivity contribution < 1.29 is 14.6 Å². The van der Waals surface area contributed by atoms with Gasteiger partial charge in [-0.1, -0.05) is 12.1 Å². The van der Waals surface area contributed by atoms with Crippen molar-refractivity contribution in [1.29, 1.82) is 0 Å². The zero-order valence-electron chi connectivity index (χ0n) is 10.3. The molecular formula is C13H19NO3. The monoisotopic (exact) mass is 237 g/mol. The summed E-state index contributed by atoms with van der Waals surface area (Å²) in [5, 5.41) is 8.88. The molecule has 0 fully saturated rings. The van der Waals surface area contributed by atoms with Gasteiger partial charge in [-0.15, -0.1) is 0 Å². The Morgan fingerprint density at radius 1 is 1.47 bits per heavy atom. The van der Waals surface area contributed by atoms with Crippen LogP contribution in [0.2, 0.25) is 0 Å². The number of hydrogen-bond donors (Lipinski definition) is 1. The van der Waals surface area contributed by atoms with Gasteiger partial charge in [0.25, 0.3) is 0 Å². The van der Waals surface area contributed by atoms with Crippen molar-refractivity contribution in [1.82, 2.24) is 4.90 Å². The average molecular weight is 237 g/mol. The van der Waals surface area contributed by atoms with E-state index in [0.29, 0.717) is 12.2 Å². The van der Waals surface area contributed by atoms with Gasteiger partial charge in [0.2, 0.25) is 0 Å². The molecule has 0 aliphatic rings. The molecule has 0 aliphatic carbocycles. The van der Waals surface area contributed by atoms with Crippen LogP contribution >= 0.6 is 0 Å². The second-order valence-electron chi connectivity index (χ2n) is 3.94. The fourth-order valence-electron chi connectivity index (χ4n) is 1.56. The van der Waals surface area contributed by atoms with Crippen LogP contribution in [0.15, 0.2) is 24.3 Å². The lowest BCUT2D eigenvalue weighted by Gasteiger charge is -2.16. The van der Waals surface area contributed by atoms with Gasteiger partial charge in [-0.05, 0) is 31.7 Å². The van der Waals surface area contributed by atoms with Gasteiger partial charge >= 0.3 is 5.97 Å². The molecule has 0 radical (unpaired) electrons. The normalized spacial score (nSPS) is 10.8. The highest BCUT2D eigenvalue weighted by Crippen LogP contribution is 2.07. The first-order chi connectivity index (χ1) is 8.13. The molecule has 17 heavy (non-hydrogen) atoms. The van der Waals surface area contributed by atoms with E-state index in [-0.39, 0.29) is 0 Å². The second kappa shape index (κ2) is 7.04. The van der Waals surface area contributed by atoms with Crippen LogP contribution < -0.4 is 0 Å². The molecule has 1 aromatic rings. The van der Waals surface area contributed by atoms with Gasteiger partial charge in [-0.2, -0.15) is 0 Å². The number of aromatic carboxylic acids is 1. The minimum atomic E-state index is -0.885. The van der Waals surface area contributed by atoms with E-state index < -0.39 is 5.97 Å². The SMILES string of the molecule is CCOCCN(C)Cc1cccc(C(=O)O)c1. The molecule has 1 rings (SSSR count). The summed E-state index contributed by atoms with van der Waals surface area (Å²) in [4.78, 5) is 12.9. The van der Waals surface area contributed by atoms with Crippen LogP contribution in [0, 0.1) is 0 Å². The Balaban J connectivity index is 2.50. The number of likely N-dealkylation sites (N-methyl/N-ethyl adjacent to an activating group) is 1. The Morgan fingerprint density at radius 2 is 2.24 bits per heavy atom. The molecule has 0 spiro atoms. The Morgan fingerprint density at radius 3 is 2.88 bits per heavy atom. The van der Waals surface area contributed by atoms with Crippen molar-refractivity contribution in [2.45, 2.75) is 13.5 Å². The number of ether oxygens (including phenoxy) is 1. The number of benzene rings is 1. The highest BCUT2D eigenvalue weighted by atomic mass is 16.5. The van der Waals surface area contributed by atoms with Gasteiger partial charge < -0.3 is 9.84 Å². The zero-order chi connectivity index (χ0) is 12.7. The van der Waals surface area contributed by atoms with Crippen LogP contribution in [-0.4, -0.2) is 42.8 Å². The first-order valence-electron chi connectivity index (χ1n) is 5.72. The van der Waals surface area contributed by atoms with Gasteiger partial charge in [-0.3, -0.25) is 4.90 Å². The highest BCUT2D eigenvalue weighted by molar-refractivity contribution is 5.87. The predicted octanol–water partition coefficient (Wildman–Crippen LogP) is 1.85. The Bertz CT molecular complexity index is 365. The number of nitrogens with zero attached hydrogens (tertiary/aromatic N) is 1. The lowest BCUT2D eigenvalue weighted by atomic mass is 10.1. The van der Waals surface area contributed by atoms with Crippen LogP contribution in [0.1, 0.15) is 22.8 Å². The number of carboxylic acid groups (broad SMARTS) is 1. The fraction of sp³-hybridized carbons (Fsp3) is 0.462. The van der Waals surface area contributed by atoms with Gasteiger partial charge in [0.1, 0.15) is 0 Å². The van der Waals surface area contributed by atoms with Crippen LogP contribution in [-0.2, 0) is 11.3 Å². The Labute approximate surface area is 102 Å². The first-order valence-corrected chi connectivity index (χ1v) is 5.72.